The van der Waals surface area contributed by atoms with Gasteiger partial charge >= 0.3 is 0 Å². The summed E-state index contributed by atoms with van der Waals surface area (Å²) in [6, 6.07) is 3.08. The zero-order valence-electron chi connectivity index (χ0n) is 11.4. The van der Waals surface area contributed by atoms with Gasteiger partial charge < -0.3 is 10.5 Å². The third kappa shape index (κ3) is 2.70. The summed E-state index contributed by atoms with van der Waals surface area (Å²) in [6.07, 6.45) is 2.79. The van der Waals surface area contributed by atoms with Crippen molar-refractivity contribution in [3.05, 3.63) is 34.3 Å². The summed E-state index contributed by atoms with van der Waals surface area (Å²) in [5.41, 5.74) is 8.78. The SMILES string of the molecule is [2H]C1(Oc2c(Cl)cc(N)cc2Cl)C=CC(=O)N(C2CC2)N1. The number of rotatable bonds is 3. The third-order valence-corrected chi connectivity index (χ3v) is 3.55. The number of hydrogen-bond donors (Lipinski definition) is 2. The van der Waals surface area contributed by atoms with Gasteiger partial charge in [0.25, 0.3) is 5.91 Å². The van der Waals surface area contributed by atoms with E-state index < -0.39 is 6.20 Å². The van der Waals surface area contributed by atoms with Crippen LogP contribution in [0.15, 0.2) is 24.3 Å². The van der Waals surface area contributed by atoms with Crippen molar-refractivity contribution in [3.8, 4) is 5.75 Å². The normalized spacial score (nSPS) is 26.6. The van der Waals surface area contributed by atoms with Crippen molar-refractivity contribution in [1.29, 1.82) is 0 Å². The number of amides is 1. The van der Waals surface area contributed by atoms with Crippen LogP contribution < -0.4 is 15.9 Å². The van der Waals surface area contributed by atoms with Crippen molar-refractivity contribution in [1.82, 2.24) is 10.4 Å². The molecular weight excluding hydrogens is 301 g/mol. The lowest BCUT2D eigenvalue weighted by atomic mass is 10.3. The van der Waals surface area contributed by atoms with Crippen molar-refractivity contribution in [3.63, 3.8) is 0 Å². The first-order valence-electron chi connectivity index (χ1n) is 6.62. The van der Waals surface area contributed by atoms with Crippen LogP contribution in [0.25, 0.3) is 0 Å². The van der Waals surface area contributed by atoms with Crippen LogP contribution in [0.3, 0.4) is 0 Å². The molecule has 1 unspecified atom stereocenters. The van der Waals surface area contributed by atoms with Crippen LogP contribution in [0.1, 0.15) is 14.2 Å². The Balaban J connectivity index is 1.87. The van der Waals surface area contributed by atoms with E-state index in [1.54, 1.807) is 0 Å². The van der Waals surface area contributed by atoms with Crippen molar-refractivity contribution < 1.29 is 10.9 Å². The molecule has 1 saturated carbocycles. The van der Waals surface area contributed by atoms with Gasteiger partial charge in [0.1, 0.15) is 0 Å². The Labute approximate surface area is 127 Å². The molecule has 1 fully saturated rings. The maximum atomic E-state index is 11.8. The molecule has 0 aromatic heterocycles. The number of halogens is 2. The second-order valence-electron chi connectivity index (χ2n) is 4.66. The number of ether oxygens (including phenoxy) is 1. The molecule has 0 saturated heterocycles. The van der Waals surface area contributed by atoms with Gasteiger partial charge in [-0.25, -0.2) is 0 Å². The summed E-state index contributed by atoms with van der Waals surface area (Å²) in [6.45, 7) is 0. The van der Waals surface area contributed by atoms with Crippen LogP contribution in [0, 0.1) is 0 Å². The van der Waals surface area contributed by atoms with Gasteiger partial charge in [0, 0.05) is 17.8 Å². The van der Waals surface area contributed by atoms with Gasteiger partial charge in [0.05, 0.1) is 11.4 Å². The fourth-order valence-corrected chi connectivity index (χ4v) is 2.47. The minimum absolute atomic E-state index is 0.105. The van der Waals surface area contributed by atoms with Gasteiger partial charge in [-0.05, 0) is 31.1 Å². The number of anilines is 1. The minimum Gasteiger partial charge on any atom is -0.467 e. The Kier molecular flexibility index (Phi) is 3.18. The molecule has 3 N–H and O–H groups in total. The van der Waals surface area contributed by atoms with Crippen LogP contribution in [-0.4, -0.2) is 23.2 Å². The first kappa shape index (κ1) is 12.3. The van der Waals surface area contributed by atoms with E-state index in [4.69, 9.17) is 35.0 Å². The molecule has 1 aromatic carbocycles. The van der Waals surface area contributed by atoms with E-state index in [0.717, 1.165) is 12.8 Å². The highest BCUT2D eigenvalue weighted by Crippen LogP contribution is 2.36. The molecule has 1 amide bonds. The average Bonchev–Trinajstić information content (AvgIpc) is 3.22. The van der Waals surface area contributed by atoms with Crippen LogP contribution in [0.4, 0.5) is 5.69 Å². The second-order valence-corrected chi connectivity index (χ2v) is 5.48. The molecule has 5 nitrogen and oxygen atoms in total. The lowest BCUT2D eigenvalue weighted by Gasteiger charge is -2.30. The zero-order valence-corrected chi connectivity index (χ0v) is 11.9. The Morgan fingerprint density at radius 3 is 2.65 bits per heavy atom. The maximum Gasteiger partial charge on any atom is 0.260 e. The number of nitrogens with zero attached hydrogens (tertiary/aromatic N) is 1. The van der Waals surface area contributed by atoms with E-state index in [1.165, 1.54) is 29.3 Å². The minimum atomic E-state index is -1.65. The first-order chi connectivity index (χ1) is 9.88. The molecule has 1 aromatic rings. The van der Waals surface area contributed by atoms with E-state index in [2.05, 4.69) is 5.43 Å². The highest BCUT2D eigenvalue weighted by Gasteiger charge is 2.35. The molecule has 1 heterocycles. The van der Waals surface area contributed by atoms with Gasteiger partial charge in [-0.15, -0.1) is 0 Å². The molecule has 20 heavy (non-hydrogen) atoms. The number of hydrogen-bond acceptors (Lipinski definition) is 4. The van der Waals surface area contributed by atoms with E-state index in [1.807, 2.05) is 0 Å². The molecule has 0 spiro atoms. The molecule has 3 rings (SSSR count). The Bertz CT molecular complexity index is 613. The first-order valence-corrected chi connectivity index (χ1v) is 6.87. The molecule has 1 atom stereocenters. The van der Waals surface area contributed by atoms with Crippen molar-refractivity contribution in [2.75, 3.05) is 5.73 Å². The molecule has 0 bridgehead atoms. The summed E-state index contributed by atoms with van der Waals surface area (Å²) >= 11 is 12.1. The van der Waals surface area contributed by atoms with Gasteiger partial charge in [0.15, 0.2) is 12.0 Å². The quantitative estimate of drug-likeness (QED) is 0.840. The lowest BCUT2D eigenvalue weighted by Crippen LogP contribution is -2.53. The van der Waals surface area contributed by atoms with E-state index >= 15 is 0 Å². The summed E-state index contributed by atoms with van der Waals surface area (Å²) in [7, 11) is 0. The summed E-state index contributed by atoms with van der Waals surface area (Å²) in [5, 5.41) is 1.82. The zero-order chi connectivity index (χ0) is 15.2. The Morgan fingerprint density at radius 2 is 2.05 bits per heavy atom. The largest absolute Gasteiger partial charge is 0.467 e. The fraction of sp³-hybridized carbons (Fsp3) is 0.308. The number of nitrogens with two attached hydrogens (primary N) is 1. The molecule has 1 aliphatic carbocycles. The van der Waals surface area contributed by atoms with Gasteiger partial charge in [0.2, 0.25) is 0 Å². The summed E-state index contributed by atoms with van der Waals surface area (Å²) in [4.78, 5) is 11.8. The summed E-state index contributed by atoms with van der Waals surface area (Å²) in [5.74, 6) is -0.0525. The predicted octanol–water partition coefficient (Wildman–Crippen LogP) is 2.35. The Morgan fingerprint density at radius 1 is 1.40 bits per heavy atom. The molecular formula is C13H13Cl2N3O2. The molecule has 7 heteroatoms. The van der Waals surface area contributed by atoms with E-state index in [0.29, 0.717) is 5.69 Å². The Hall–Kier alpha value is -1.43. The van der Waals surface area contributed by atoms with Crippen LogP contribution in [-0.2, 0) is 4.79 Å². The third-order valence-electron chi connectivity index (χ3n) is 2.99. The van der Waals surface area contributed by atoms with Crippen molar-refractivity contribution in [2.24, 2.45) is 0 Å². The molecule has 1 aliphatic heterocycles. The lowest BCUT2D eigenvalue weighted by molar-refractivity contribution is -0.133. The molecule has 106 valence electrons. The highest BCUT2D eigenvalue weighted by molar-refractivity contribution is 6.37. The van der Waals surface area contributed by atoms with Crippen LogP contribution >= 0.6 is 23.2 Å². The average molecular weight is 315 g/mol. The number of carbonyl (C=O) groups excluding carboxylic acids is 1. The fourth-order valence-electron chi connectivity index (χ4n) is 1.89. The van der Waals surface area contributed by atoms with Gasteiger partial charge in [-0.3, -0.25) is 9.80 Å². The maximum absolute atomic E-state index is 11.8. The number of nitrogens with one attached hydrogen (secondary N) is 1. The topological polar surface area (TPSA) is 67.6 Å². The predicted molar refractivity (Wildman–Crippen MR) is 77.4 cm³/mol. The monoisotopic (exact) mass is 314 g/mol. The number of benzene rings is 1. The van der Waals surface area contributed by atoms with Crippen molar-refractivity contribution >= 4 is 34.8 Å². The highest BCUT2D eigenvalue weighted by atomic mass is 35.5. The smallest absolute Gasteiger partial charge is 0.260 e. The standard InChI is InChI=1S/C13H13Cl2N3O2/c14-9-5-7(16)6-10(15)13(9)20-11-3-4-12(19)18(17-11)8-1-2-8/h3-6,8,11,17H,1-2,16H2/i11D. The van der Waals surface area contributed by atoms with Crippen molar-refractivity contribution in [2.45, 2.75) is 25.1 Å². The number of carbonyl (C=O) groups is 1. The second kappa shape index (κ2) is 5.16. The van der Waals surface area contributed by atoms with E-state index in [-0.39, 0.29) is 27.7 Å². The summed E-state index contributed by atoms with van der Waals surface area (Å²) < 4.78 is 13.9. The van der Waals surface area contributed by atoms with Gasteiger partial charge in [-0.2, -0.15) is 5.43 Å². The van der Waals surface area contributed by atoms with Gasteiger partial charge in [-0.1, -0.05) is 23.2 Å². The molecule has 0 radical (unpaired) electrons. The van der Waals surface area contributed by atoms with E-state index in [9.17, 15) is 4.79 Å². The molecule has 2 aliphatic rings. The number of hydrazine groups is 1. The van der Waals surface area contributed by atoms with Crippen LogP contribution in [0.2, 0.25) is 10.0 Å². The van der Waals surface area contributed by atoms with Crippen LogP contribution in [0.5, 0.6) is 5.75 Å². The number of nitrogen functional groups attached to an aromatic ring is 1.